The quantitative estimate of drug-likeness (QED) is 0.894. The molecule has 1 aliphatic heterocycles. The molecule has 1 amide bonds. The van der Waals surface area contributed by atoms with Crippen molar-refractivity contribution in [2.24, 2.45) is 0 Å². The van der Waals surface area contributed by atoms with E-state index in [0.717, 1.165) is 23.2 Å². The van der Waals surface area contributed by atoms with Gasteiger partial charge in [-0.3, -0.25) is 14.5 Å². The summed E-state index contributed by atoms with van der Waals surface area (Å²) in [6.45, 7) is 4.68. The van der Waals surface area contributed by atoms with E-state index in [-0.39, 0.29) is 24.9 Å². The SMILES string of the molecule is Cc1cccc(C)c1NC(=O)CN1CCC[C@H]1C(=O)O.Cl. The van der Waals surface area contributed by atoms with Gasteiger partial charge in [-0.2, -0.15) is 0 Å². The zero-order chi connectivity index (χ0) is 14.7. The molecular formula is C15H21ClN2O3. The molecule has 5 nitrogen and oxygen atoms in total. The predicted octanol–water partition coefficient (Wildman–Crippen LogP) is 2.21. The molecule has 0 spiro atoms. The first-order chi connectivity index (χ1) is 9.49. The second-order valence-electron chi connectivity index (χ2n) is 5.28. The first kappa shape index (κ1) is 17.5. The number of nitrogens with zero attached hydrogens (tertiary/aromatic N) is 1. The van der Waals surface area contributed by atoms with E-state index < -0.39 is 12.0 Å². The van der Waals surface area contributed by atoms with Gasteiger partial charge < -0.3 is 10.4 Å². The Labute approximate surface area is 130 Å². The van der Waals surface area contributed by atoms with Crippen molar-refractivity contribution in [1.29, 1.82) is 0 Å². The molecule has 2 rings (SSSR count). The van der Waals surface area contributed by atoms with Crippen molar-refractivity contribution in [1.82, 2.24) is 4.90 Å². The van der Waals surface area contributed by atoms with E-state index in [0.29, 0.717) is 13.0 Å². The van der Waals surface area contributed by atoms with Crippen molar-refractivity contribution in [3.05, 3.63) is 29.3 Å². The molecule has 0 saturated carbocycles. The number of carboxylic acids is 1. The number of aliphatic carboxylic acids is 1. The third kappa shape index (κ3) is 4.19. The van der Waals surface area contributed by atoms with Gasteiger partial charge in [-0.1, -0.05) is 18.2 Å². The molecule has 1 saturated heterocycles. The van der Waals surface area contributed by atoms with Crippen molar-refractivity contribution in [2.45, 2.75) is 32.7 Å². The average molecular weight is 313 g/mol. The van der Waals surface area contributed by atoms with E-state index in [1.54, 1.807) is 4.90 Å². The van der Waals surface area contributed by atoms with Gasteiger partial charge >= 0.3 is 5.97 Å². The van der Waals surface area contributed by atoms with Gasteiger partial charge in [-0.05, 0) is 44.4 Å². The zero-order valence-electron chi connectivity index (χ0n) is 12.3. The summed E-state index contributed by atoms with van der Waals surface area (Å²) in [7, 11) is 0. The fourth-order valence-electron chi connectivity index (χ4n) is 2.67. The van der Waals surface area contributed by atoms with Crippen LogP contribution in [-0.2, 0) is 9.59 Å². The van der Waals surface area contributed by atoms with Crippen molar-refractivity contribution in [3.63, 3.8) is 0 Å². The second-order valence-corrected chi connectivity index (χ2v) is 5.28. The van der Waals surface area contributed by atoms with Gasteiger partial charge in [0, 0.05) is 5.69 Å². The number of aryl methyl sites for hydroxylation is 2. The van der Waals surface area contributed by atoms with Gasteiger partial charge in [0.2, 0.25) is 5.91 Å². The normalized spacial score (nSPS) is 18.1. The maximum atomic E-state index is 12.1. The van der Waals surface area contributed by atoms with Crippen LogP contribution in [0.2, 0.25) is 0 Å². The lowest BCUT2D eigenvalue weighted by molar-refractivity contribution is -0.142. The monoisotopic (exact) mass is 312 g/mol. The van der Waals surface area contributed by atoms with Crippen LogP contribution in [0.3, 0.4) is 0 Å². The Hall–Kier alpha value is -1.59. The fourth-order valence-corrected chi connectivity index (χ4v) is 2.67. The third-order valence-corrected chi connectivity index (χ3v) is 3.74. The number of halogens is 1. The first-order valence-electron chi connectivity index (χ1n) is 6.82. The standard InChI is InChI=1S/C15H20N2O3.ClH/c1-10-5-3-6-11(2)14(10)16-13(18)9-17-8-4-7-12(17)15(19)20;/h3,5-6,12H,4,7-9H2,1-2H3,(H,16,18)(H,19,20);1H/t12-;/m0./s1. The fraction of sp³-hybridized carbons (Fsp3) is 0.467. The Kier molecular flexibility index (Phi) is 6.18. The van der Waals surface area contributed by atoms with Gasteiger partial charge in [0.15, 0.2) is 0 Å². The first-order valence-corrected chi connectivity index (χ1v) is 6.82. The molecule has 0 aliphatic carbocycles. The number of carbonyl (C=O) groups is 2. The summed E-state index contributed by atoms with van der Waals surface area (Å²) >= 11 is 0. The molecule has 116 valence electrons. The van der Waals surface area contributed by atoms with Crippen LogP contribution in [0.15, 0.2) is 18.2 Å². The molecule has 1 atom stereocenters. The molecule has 0 unspecified atom stereocenters. The maximum Gasteiger partial charge on any atom is 0.320 e. The largest absolute Gasteiger partial charge is 0.480 e. The minimum absolute atomic E-state index is 0. The van der Waals surface area contributed by atoms with Crippen molar-refractivity contribution >= 4 is 30.0 Å². The highest BCUT2D eigenvalue weighted by Crippen LogP contribution is 2.20. The minimum atomic E-state index is -0.845. The van der Waals surface area contributed by atoms with E-state index in [2.05, 4.69) is 5.32 Å². The van der Waals surface area contributed by atoms with Crippen LogP contribution in [0, 0.1) is 13.8 Å². The van der Waals surface area contributed by atoms with Gasteiger partial charge in [0.05, 0.1) is 6.54 Å². The van der Waals surface area contributed by atoms with Crippen LogP contribution < -0.4 is 5.32 Å². The van der Waals surface area contributed by atoms with E-state index in [1.807, 2.05) is 32.0 Å². The Balaban J connectivity index is 0.00000220. The number of anilines is 1. The van der Waals surface area contributed by atoms with Crippen molar-refractivity contribution < 1.29 is 14.7 Å². The summed E-state index contributed by atoms with van der Waals surface area (Å²) < 4.78 is 0. The lowest BCUT2D eigenvalue weighted by Gasteiger charge is -2.21. The highest BCUT2D eigenvalue weighted by Gasteiger charge is 2.31. The minimum Gasteiger partial charge on any atom is -0.480 e. The van der Waals surface area contributed by atoms with E-state index in [9.17, 15) is 9.59 Å². The van der Waals surface area contributed by atoms with Crippen molar-refractivity contribution in [2.75, 3.05) is 18.4 Å². The van der Waals surface area contributed by atoms with Gasteiger partial charge in [0.1, 0.15) is 6.04 Å². The molecule has 1 aromatic carbocycles. The summed E-state index contributed by atoms with van der Waals surface area (Å²) in [4.78, 5) is 24.9. The molecule has 1 heterocycles. The van der Waals surface area contributed by atoms with Crippen molar-refractivity contribution in [3.8, 4) is 0 Å². The number of carboxylic acid groups (broad SMARTS) is 1. The maximum absolute atomic E-state index is 12.1. The number of carbonyl (C=O) groups excluding carboxylic acids is 1. The number of para-hydroxylation sites is 1. The summed E-state index contributed by atoms with van der Waals surface area (Å²) in [5.41, 5.74) is 2.84. The Morgan fingerprint density at radius 2 is 1.95 bits per heavy atom. The summed E-state index contributed by atoms with van der Waals surface area (Å²) in [6.07, 6.45) is 1.44. The summed E-state index contributed by atoms with van der Waals surface area (Å²) in [5.74, 6) is -1.00. The highest BCUT2D eigenvalue weighted by atomic mass is 35.5. The molecule has 2 N–H and O–H groups in total. The number of benzene rings is 1. The van der Waals surface area contributed by atoms with Crippen LogP contribution in [0.5, 0.6) is 0 Å². The topological polar surface area (TPSA) is 69.6 Å². The van der Waals surface area contributed by atoms with Gasteiger partial charge in [0.25, 0.3) is 0 Å². The number of nitrogens with one attached hydrogen (secondary N) is 1. The molecule has 0 bridgehead atoms. The van der Waals surface area contributed by atoms with Crippen LogP contribution in [0.1, 0.15) is 24.0 Å². The highest BCUT2D eigenvalue weighted by molar-refractivity contribution is 5.94. The van der Waals surface area contributed by atoms with Crippen LogP contribution in [0.25, 0.3) is 0 Å². The van der Waals surface area contributed by atoms with Crippen LogP contribution in [-0.4, -0.2) is 41.0 Å². The summed E-state index contributed by atoms with van der Waals surface area (Å²) in [5, 5.41) is 12.0. The van der Waals surface area contributed by atoms with Gasteiger partial charge in [-0.25, -0.2) is 0 Å². The number of rotatable bonds is 4. The lowest BCUT2D eigenvalue weighted by Crippen LogP contribution is -2.41. The Morgan fingerprint density at radius 1 is 1.33 bits per heavy atom. The molecule has 1 aromatic rings. The van der Waals surface area contributed by atoms with E-state index in [4.69, 9.17) is 5.11 Å². The molecule has 0 aromatic heterocycles. The molecule has 21 heavy (non-hydrogen) atoms. The smallest absolute Gasteiger partial charge is 0.320 e. The molecule has 0 radical (unpaired) electrons. The summed E-state index contributed by atoms with van der Waals surface area (Å²) in [6, 6.07) is 5.30. The predicted molar refractivity (Wildman–Crippen MR) is 84.0 cm³/mol. The number of likely N-dealkylation sites (tertiary alicyclic amines) is 1. The van der Waals surface area contributed by atoms with Gasteiger partial charge in [-0.15, -0.1) is 12.4 Å². The number of hydrogen-bond donors (Lipinski definition) is 2. The van der Waals surface area contributed by atoms with E-state index in [1.165, 1.54) is 0 Å². The Bertz CT molecular complexity index is 513. The Morgan fingerprint density at radius 3 is 2.52 bits per heavy atom. The van der Waals surface area contributed by atoms with Crippen LogP contribution in [0.4, 0.5) is 5.69 Å². The molecule has 6 heteroatoms. The third-order valence-electron chi connectivity index (χ3n) is 3.74. The lowest BCUT2D eigenvalue weighted by atomic mass is 10.1. The second kappa shape index (κ2) is 7.43. The number of hydrogen-bond acceptors (Lipinski definition) is 3. The van der Waals surface area contributed by atoms with Crippen LogP contribution >= 0.6 is 12.4 Å². The van der Waals surface area contributed by atoms with E-state index >= 15 is 0 Å². The molecule has 1 aliphatic rings. The molecular weight excluding hydrogens is 292 g/mol. The average Bonchev–Trinajstić information content (AvgIpc) is 2.82. The number of amides is 1. The molecule has 1 fully saturated rings. The zero-order valence-corrected chi connectivity index (χ0v) is 13.1.